The molecule has 0 saturated carbocycles. The molecular formula is C27H18FN7. The average Bonchev–Trinajstić information content (AvgIpc) is 3.27. The van der Waals surface area contributed by atoms with Crippen molar-refractivity contribution in [2.45, 2.75) is 19.8 Å². The summed E-state index contributed by atoms with van der Waals surface area (Å²) in [6, 6.07) is 16.4. The van der Waals surface area contributed by atoms with Gasteiger partial charge in [-0.25, -0.2) is 9.37 Å². The number of nitrogens with zero attached hydrogens (tertiary/aromatic N) is 7. The summed E-state index contributed by atoms with van der Waals surface area (Å²) in [6.07, 6.45) is 3.33. The van der Waals surface area contributed by atoms with Crippen molar-refractivity contribution in [3.8, 4) is 17.9 Å². The third kappa shape index (κ3) is 3.44. The Kier molecular flexibility index (Phi) is 4.86. The van der Waals surface area contributed by atoms with Crippen LogP contribution in [-0.4, -0.2) is 31.1 Å². The predicted molar refractivity (Wildman–Crippen MR) is 130 cm³/mol. The lowest BCUT2D eigenvalue weighted by atomic mass is 9.96. The first-order chi connectivity index (χ1) is 17.1. The fourth-order valence-corrected chi connectivity index (χ4v) is 4.61. The standard InChI is InChI=1S/C27H18FN7/c1-17-32-33-27-31-26(25-22(28)7-3-9-24(25)35(17)27)34-14-4-6-21-19(5-2-8-23(21)34)12-10-18-11-13-20(15-29)30-16-18/h2-3,5,7-9,11,13,16H,4,6,14H2,1H3. The number of fused-ring (bicyclic) bond motifs is 4. The summed E-state index contributed by atoms with van der Waals surface area (Å²) in [5, 5.41) is 17.7. The molecule has 2 aromatic carbocycles. The maximum absolute atomic E-state index is 15.2. The van der Waals surface area contributed by atoms with E-state index in [1.807, 2.05) is 37.3 Å². The zero-order valence-corrected chi connectivity index (χ0v) is 18.8. The first-order valence-electron chi connectivity index (χ1n) is 11.2. The molecule has 4 heterocycles. The Balaban J connectivity index is 1.50. The highest BCUT2D eigenvalue weighted by atomic mass is 19.1. The Hall–Kier alpha value is -4.82. The molecule has 168 valence electrons. The molecule has 8 heteroatoms. The number of rotatable bonds is 1. The molecule has 6 rings (SSSR count). The van der Waals surface area contributed by atoms with Crippen LogP contribution in [0.3, 0.4) is 0 Å². The fourth-order valence-electron chi connectivity index (χ4n) is 4.61. The van der Waals surface area contributed by atoms with Crippen molar-refractivity contribution in [2.24, 2.45) is 0 Å². The van der Waals surface area contributed by atoms with Crippen molar-refractivity contribution in [1.29, 1.82) is 5.26 Å². The quantitative estimate of drug-likeness (QED) is 0.344. The molecule has 0 aliphatic carbocycles. The molecule has 0 bridgehead atoms. The molecule has 0 spiro atoms. The lowest BCUT2D eigenvalue weighted by Gasteiger charge is -2.32. The summed E-state index contributed by atoms with van der Waals surface area (Å²) in [6.45, 7) is 2.53. The third-order valence-electron chi connectivity index (χ3n) is 6.20. The summed E-state index contributed by atoms with van der Waals surface area (Å²) in [5.74, 6) is 7.69. The van der Waals surface area contributed by atoms with Gasteiger partial charge in [0.15, 0.2) is 0 Å². The minimum Gasteiger partial charge on any atom is -0.325 e. The second kappa shape index (κ2) is 8.19. The Morgan fingerprint density at radius 1 is 1.03 bits per heavy atom. The lowest BCUT2D eigenvalue weighted by Crippen LogP contribution is -2.26. The molecule has 0 amide bonds. The second-order valence-electron chi connectivity index (χ2n) is 8.30. The molecule has 0 N–H and O–H groups in total. The molecule has 0 fully saturated rings. The van der Waals surface area contributed by atoms with Gasteiger partial charge in [0, 0.05) is 29.6 Å². The maximum atomic E-state index is 15.2. The van der Waals surface area contributed by atoms with Gasteiger partial charge in [0.1, 0.15) is 29.2 Å². The lowest BCUT2D eigenvalue weighted by molar-refractivity contribution is 0.638. The molecular weight excluding hydrogens is 441 g/mol. The normalized spacial score (nSPS) is 12.8. The highest BCUT2D eigenvalue weighted by molar-refractivity contribution is 5.94. The first kappa shape index (κ1) is 20.8. The van der Waals surface area contributed by atoms with Gasteiger partial charge in [-0.1, -0.05) is 24.0 Å². The number of hydrogen-bond donors (Lipinski definition) is 0. The first-order valence-corrected chi connectivity index (χ1v) is 11.2. The molecule has 0 unspecified atom stereocenters. The van der Waals surface area contributed by atoms with Crippen LogP contribution < -0.4 is 4.90 Å². The molecule has 0 radical (unpaired) electrons. The van der Waals surface area contributed by atoms with Crippen molar-refractivity contribution >= 4 is 28.2 Å². The highest BCUT2D eigenvalue weighted by Crippen LogP contribution is 2.38. The summed E-state index contributed by atoms with van der Waals surface area (Å²) in [7, 11) is 0. The third-order valence-corrected chi connectivity index (χ3v) is 6.20. The number of anilines is 2. The number of halogens is 1. The average molecular weight is 459 g/mol. The van der Waals surface area contributed by atoms with E-state index in [1.54, 1.807) is 28.8 Å². The summed E-state index contributed by atoms with van der Waals surface area (Å²) >= 11 is 0. The van der Waals surface area contributed by atoms with Crippen LogP contribution in [0.5, 0.6) is 0 Å². The van der Waals surface area contributed by atoms with Crippen LogP contribution in [-0.2, 0) is 6.42 Å². The van der Waals surface area contributed by atoms with Gasteiger partial charge < -0.3 is 4.90 Å². The summed E-state index contributed by atoms with van der Waals surface area (Å²) in [4.78, 5) is 10.9. The summed E-state index contributed by atoms with van der Waals surface area (Å²) in [5.41, 5.74) is 4.73. The minimum absolute atomic E-state index is 0.337. The summed E-state index contributed by atoms with van der Waals surface area (Å²) < 4.78 is 17.0. The van der Waals surface area contributed by atoms with Crippen molar-refractivity contribution in [1.82, 2.24) is 24.6 Å². The largest absolute Gasteiger partial charge is 0.325 e. The minimum atomic E-state index is -0.337. The van der Waals surface area contributed by atoms with Crippen molar-refractivity contribution in [3.05, 3.63) is 88.8 Å². The van der Waals surface area contributed by atoms with Gasteiger partial charge in [-0.3, -0.25) is 4.40 Å². The van der Waals surface area contributed by atoms with Crippen LogP contribution in [0.15, 0.2) is 54.7 Å². The number of nitriles is 1. The van der Waals surface area contributed by atoms with Crippen LogP contribution in [0.25, 0.3) is 16.7 Å². The number of aromatic nitrogens is 5. The number of aryl methyl sites for hydroxylation is 1. The van der Waals surface area contributed by atoms with E-state index in [0.717, 1.165) is 35.2 Å². The van der Waals surface area contributed by atoms with E-state index in [9.17, 15) is 0 Å². The maximum Gasteiger partial charge on any atom is 0.257 e. The number of benzene rings is 2. The van der Waals surface area contributed by atoms with Crippen LogP contribution in [0.2, 0.25) is 0 Å². The van der Waals surface area contributed by atoms with Gasteiger partial charge in [-0.05, 0) is 61.7 Å². The zero-order valence-electron chi connectivity index (χ0n) is 18.8. The van der Waals surface area contributed by atoms with Crippen LogP contribution in [0.1, 0.15) is 34.6 Å². The monoisotopic (exact) mass is 459 g/mol. The van der Waals surface area contributed by atoms with Crippen LogP contribution in [0, 0.1) is 35.9 Å². The van der Waals surface area contributed by atoms with Gasteiger partial charge in [0.05, 0.1) is 10.9 Å². The van der Waals surface area contributed by atoms with E-state index in [1.165, 1.54) is 6.07 Å². The topological polar surface area (TPSA) is 83.0 Å². The Bertz CT molecular complexity index is 1720. The van der Waals surface area contributed by atoms with Gasteiger partial charge >= 0.3 is 0 Å². The molecule has 0 atom stereocenters. The van der Waals surface area contributed by atoms with E-state index < -0.39 is 0 Å². The SMILES string of the molecule is Cc1nnc2nc(N3CCCc4c(C#Cc5ccc(C#N)nc5)cccc43)c3c(F)cccc3n12. The fraction of sp³-hybridized carbons (Fsp3) is 0.148. The second-order valence-corrected chi connectivity index (χ2v) is 8.30. The van der Waals surface area contributed by atoms with Gasteiger partial charge in [-0.15, -0.1) is 10.2 Å². The van der Waals surface area contributed by atoms with Crippen LogP contribution >= 0.6 is 0 Å². The van der Waals surface area contributed by atoms with E-state index >= 15 is 4.39 Å². The molecule has 5 aromatic rings. The predicted octanol–water partition coefficient (Wildman–Crippen LogP) is 4.48. The van der Waals surface area contributed by atoms with Crippen molar-refractivity contribution in [3.63, 3.8) is 0 Å². The van der Waals surface area contributed by atoms with Crippen molar-refractivity contribution in [2.75, 3.05) is 11.4 Å². The smallest absolute Gasteiger partial charge is 0.257 e. The van der Waals surface area contributed by atoms with E-state index in [-0.39, 0.29) is 5.82 Å². The van der Waals surface area contributed by atoms with E-state index in [4.69, 9.17) is 10.2 Å². The Labute approximate surface area is 200 Å². The Morgan fingerprint density at radius 2 is 1.91 bits per heavy atom. The zero-order chi connectivity index (χ0) is 23.9. The Morgan fingerprint density at radius 3 is 2.74 bits per heavy atom. The van der Waals surface area contributed by atoms with E-state index in [2.05, 4.69) is 31.9 Å². The molecule has 1 aliphatic rings. The van der Waals surface area contributed by atoms with Gasteiger partial charge in [0.2, 0.25) is 0 Å². The molecule has 7 nitrogen and oxygen atoms in total. The number of pyridine rings is 1. The van der Waals surface area contributed by atoms with Gasteiger partial charge in [-0.2, -0.15) is 10.2 Å². The molecule has 0 saturated heterocycles. The molecule has 35 heavy (non-hydrogen) atoms. The molecule has 3 aromatic heterocycles. The van der Waals surface area contributed by atoms with Crippen LogP contribution in [0.4, 0.5) is 15.9 Å². The molecule has 1 aliphatic heterocycles. The van der Waals surface area contributed by atoms with Gasteiger partial charge in [0.25, 0.3) is 5.78 Å². The number of hydrogen-bond acceptors (Lipinski definition) is 6. The van der Waals surface area contributed by atoms with Crippen molar-refractivity contribution < 1.29 is 4.39 Å². The van der Waals surface area contributed by atoms with E-state index in [0.29, 0.717) is 40.6 Å². The highest BCUT2D eigenvalue weighted by Gasteiger charge is 2.25.